The van der Waals surface area contributed by atoms with Crippen LogP contribution >= 0.6 is 23.2 Å². The second-order valence-electron chi connectivity index (χ2n) is 5.66. The van der Waals surface area contributed by atoms with E-state index in [9.17, 15) is 9.59 Å². The summed E-state index contributed by atoms with van der Waals surface area (Å²) in [6, 6.07) is 12.5. The fraction of sp³-hybridized carbons (Fsp3) is 0.222. The molecule has 0 aliphatic carbocycles. The molecule has 2 rings (SSSR count). The Morgan fingerprint density at radius 1 is 1.00 bits per heavy atom. The zero-order valence-corrected chi connectivity index (χ0v) is 14.9. The lowest BCUT2D eigenvalue weighted by atomic mass is 10.0. The van der Waals surface area contributed by atoms with Gasteiger partial charge in [0.25, 0.3) is 0 Å². The van der Waals surface area contributed by atoms with Gasteiger partial charge in [-0.1, -0.05) is 61.3 Å². The fourth-order valence-electron chi connectivity index (χ4n) is 2.05. The van der Waals surface area contributed by atoms with Crippen molar-refractivity contribution in [2.45, 2.75) is 26.3 Å². The van der Waals surface area contributed by atoms with E-state index in [0.29, 0.717) is 16.6 Å². The minimum absolute atomic E-state index is 0.271. The van der Waals surface area contributed by atoms with E-state index in [-0.39, 0.29) is 11.6 Å². The zero-order valence-electron chi connectivity index (χ0n) is 13.4. The number of hydrogen-bond donors (Lipinski definition) is 2. The van der Waals surface area contributed by atoms with Gasteiger partial charge in [-0.2, -0.15) is 0 Å². The molecule has 126 valence electrons. The van der Waals surface area contributed by atoms with Crippen LogP contribution < -0.4 is 10.6 Å². The molecule has 0 unspecified atom stereocenters. The molecule has 24 heavy (non-hydrogen) atoms. The third kappa shape index (κ3) is 4.98. The van der Waals surface area contributed by atoms with Crippen LogP contribution in [-0.2, 0) is 16.1 Å². The van der Waals surface area contributed by atoms with Gasteiger partial charge in [-0.3, -0.25) is 9.59 Å². The number of rotatable bonds is 4. The van der Waals surface area contributed by atoms with Crippen LogP contribution in [0.3, 0.4) is 0 Å². The Morgan fingerprint density at radius 2 is 1.67 bits per heavy atom. The number of benzene rings is 2. The van der Waals surface area contributed by atoms with E-state index in [1.807, 2.05) is 24.3 Å². The van der Waals surface area contributed by atoms with Crippen LogP contribution in [0.15, 0.2) is 42.5 Å². The van der Waals surface area contributed by atoms with Gasteiger partial charge in [0.15, 0.2) is 0 Å². The normalized spacial score (nSPS) is 10.5. The summed E-state index contributed by atoms with van der Waals surface area (Å²) in [6.07, 6.45) is 0. The maximum Gasteiger partial charge on any atom is 0.313 e. The SMILES string of the molecule is CC(C)c1ccc(CNC(=O)C(=O)Nc2ccc(Cl)cc2Cl)cc1. The van der Waals surface area contributed by atoms with Crippen LogP contribution in [0.1, 0.15) is 30.9 Å². The molecule has 0 aromatic heterocycles. The van der Waals surface area contributed by atoms with Crippen LogP contribution in [0.2, 0.25) is 10.0 Å². The van der Waals surface area contributed by atoms with Gasteiger partial charge in [-0.15, -0.1) is 0 Å². The van der Waals surface area contributed by atoms with Crippen LogP contribution in [-0.4, -0.2) is 11.8 Å². The van der Waals surface area contributed by atoms with Gasteiger partial charge >= 0.3 is 11.8 Å². The maximum absolute atomic E-state index is 11.9. The number of nitrogens with one attached hydrogen (secondary N) is 2. The first kappa shape index (κ1) is 18.3. The molecule has 0 bridgehead atoms. The summed E-state index contributed by atoms with van der Waals surface area (Å²) in [7, 11) is 0. The predicted octanol–water partition coefficient (Wildman–Crippen LogP) is 4.37. The van der Waals surface area contributed by atoms with Crippen molar-refractivity contribution >= 4 is 40.7 Å². The lowest BCUT2D eigenvalue weighted by Crippen LogP contribution is -2.35. The summed E-state index contributed by atoms with van der Waals surface area (Å²) >= 11 is 11.7. The molecule has 0 aliphatic heterocycles. The van der Waals surface area contributed by atoms with Crippen molar-refractivity contribution in [3.63, 3.8) is 0 Å². The van der Waals surface area contributed by atoms with Crippen molar-refractivity contribution in [1.82, 2.24) is 5.32 Å². The van der Waals surface area contributed by atoms with Gasteiger partial charge in [0, 0.05) is 11.6 Å². The second-order valence-corrected chi connectivity index (χ2v) is 6.50. The van der Waals surface area contributed by atoms with E-state index < -0.39 is 11.8 Å². The number of carbonyl (C=O) groups is 2. The van der Waals surface area contributed by atoms with Gasteiger partial charge < -0.3 is 10.6 Å². The summed E-state index contributed by atoms with van der Waals surface area (Å²) in [4.78, 5) is 23.8. The Bertz CT molecular complexity index is 743. The standard InChI is InChI=1S/C18H18Cl2N2O2/c1-11(2)13-5-3-12(4-6-13)10-21-17(23)18(24)22-16-8-7-14(19)9-15(16)20/h3-9,11H,10H2,1-2H3,(H,21,23)(H,22,24). The minimum Gasteiger partial charge on any atom is -0.344 e. The molecule has 0 aliphatic rings. The van der Waals surface area contributed by atoms with Crippen LogP contribution in [0.4, 0.5) is 5.69 Å². The molecule has 0 saturated heterocycles. The summed E-state index contributed by atoms with van der Waals surface area (Å²) < 4.78 is 0. The van der Waals surface area contributed by atoms with E-state index in [1.165, 1.54) is 11.6 Å². The van der Waals surface area contributed by atoms with Crippen molar-refractivity contribution in [2.24, 2.45) is 0 Å². The molecule has 2 N–H and O–H groups in total. The lowest BCUT2D eigenvalue weighted by molar-refractivity contribution is -0.136. The molecule has 2 amide bonds. The fourth-order valence-corrected chi connectivity index (χ4v) is 2.51. The molecule has 0 saturated carbocycles. The number of halogens is 2. The Labute approximate surface area is 151 Å². The quantitative estimate of drug-likeness (QED) is 0.791. The Morgan fingerprint density at radius 3 is 2.25 bits per heavy atom. The van der Waals surface area contributed by atoms with E-state index in [1.54, 1.807) is 12.1 Å². The minimum atomic E-state index is -0.780. The first-order valence-electron chi connectivity index (χ1n) is 7.50. The Balaban J connectivity index is 1.90. The average molecular weight is 365 g/mol. The van der Waals surface area contributed by atoms with Gasteiger partial charge in [-0.05, 0) is 35.2 Å². The largest absolute Gasteiger partial charge is 0.344 e. The number of anilines is 1. The summed E-state index contributed by atoms with van der Waals surface area (Å²) in [5.74, 6) is -1.06. The van der Waals surface area contributed by atoms with Crippen LogP contribution in [0.25, 0.3) is 0 Å². The molecular formula is C18H18Cl2N2O2. The second kappa shape index (κ2) is 8.18. The first-order chi connectivity index (χ1) is 11.4. The van der Waals surface area contributed by atoms with Gasteiger partial charge in [0.1, 0.15) is 0 Å². The van der Waals surface area contributed by atoms with Crippen molar-refractivity contribution in [3.8, 4) is 0 Å². The number of carbonyl (C=O) groups excluding carboxylic acids is 2. The molecular weight excluding hydrogens is 347 g/mol. The first-order valence-corrected chi connectivity index (χ1v) is 8.25. The van der Waals surface area contributed by atoms with Crippen LogP contribution in [0.5, 0.6) is 0 Å². The highest BCUT2D eigenvalue weighted by Crippen LogP contribution is 2.25. The molecule has 6 heteroatoms. The zero-order chi connectivity index (χ0) is 17.7. The molecule has 0 spiro atoms. The van der Waals surface area contributed by atoms with E-state index in [2.05, 4.69) is 24.5 Å². The Hall–Kier alpha value is -2.04. The van der Waals surface area contributed by atoms with Crippen molar-refractivity contribution in [1.29, 1.82) is 0 Å². The smallest absolute Gasteiger partial charge is 0.313 e. The van der Waals surface area contributed by atoms with Gasteiger partial charge in [-0.25, -0.2) is 0 Å². The predicted molar refractivity (Wildman–Crippen MR) is 97.5 cm³/mol. The highest BCUT2D eigenvalue weighted by atomic mass is 35.5. The number of hydrogen-bond acceptors (Lipinski definition) is 2. The molecule has 0 atom stereocenters. The van der Waals surface area contributed by atoms with Gasteiger partial charge in [0.05, 0.1) is 10.7 Å². The molecule has 2 aromatic rings. The number of amides is 2. The summed E-state index contributed by atoms with van der Waals surface area (Å²) in [5, 5.41) is 5.76. The highest BCUT2D eigenvalue weighted by molar-refractivity contribution is 6.42. The monoisotopic (exact) mass is 364 g/mol. The summed E-state index contributed by atoms with van der Waals surface area (Å²) in [6.45, 7) is 4.50. The third-order valence-electron chi connectivity index (χ3n) is 3.49. The lowest BCUT2D eigenvalue weighted by Gasteiger charge is -2.09. The van der Waals surface area contributed by atoms with Crippen molar-refractivity contribution < 1.29 is 9.59 Å². The topological polar surface area (TPSA) is 58.2 Å². The maximum atomic E-state index is 11.9. The average Bonchev–Trinajstić information content (AvgIpc) is 2.55. The molecule has 0 fully saturated rings. The van der Waals surface area contributed by atoms with E-state index in [4.69, 9.17) is 23.2 Å². The van der Waals surface area contributed by atoms with E-state index in [0.717, 1.165) is 5.56 Å². The molecule has 4 nitrogen and oxygen atoms in total. The summed E-state index contributed by atoms with van der Waals surface area (Å²) in [5.41, 5.74) is 2.48. The van der Waals surface area contributed by atoms with Gasteiger partial charge in [0.2, 0.25) is 0 Å². The molecule has 0 heterocycles. The molecule has 2 aromatic carbocycles. The highest BCUT2D eigenvalue weighted by Gasteiger charge is 2.15. The van der Waals surface area contributed by atoms with Crippen molar-refractivity contribution in [2.75, 3.05) is 5.32 Å². The van der Waals surface area contributed by atoms with Crippen molar-refractivity contribution in [3.05, 3.63) is 63.6 Å². The third-order valence-corrected chi connectivity index (χ3v) is 4.03. The van der Waals surface area contributed by atoms with Crippen LogP contribution in [0, 0.1) is 0 Å². The van der Waals surface area contributed by atoms with E-state index >= 15 is 0 Å². The molecule has 0 radical (unpaired) electrons. The Kier molecular flexibility index (Phi) is 6.23.